The number of esters is 1. The van der Waals surface area contributed by atoms with Gasteiger partial charge >= 0.3 is 5.97 Å². The molecule has 0 atom stereocenters. The van der Waals surface area contributed by atoms with Gasteiger partial charge in [-0.3, -0.25) is 4.79 Å². The molecule has 0 spiro atoms. The fourth-order valence-electron chi connectivity index (χ4n) is 1.89. The van der Waals surface area contributed by atoms with Crippen molar-refractivity contribution in [2.45, 2.75) is 6.92 Å². The van der Waals surface area contributed by atoms with Crippen LogP contribution in [0.25, 0.3) is 0 Å². The first kappa shape index (κ1) is 17.3. The Morgan fingerprint density at radius 2 is 1.96 bits per heavy atom. The summed E-state index contributed by atoms with van der Waals surface area (Å²) in [5.74, 6) is -1.88. The first-order chi connectivity index (χ1) is 11.4. The number of methoxy groups -OCH3 is 1. The number of benzene rings is 2. The van der Waals surface area contributed by atoms with Gasteiger partial charge in [-0.1, -0.05) is 6.07 Å². The lowest BCUT2D eigenvalue weighted by Crippen LogP contribution is -2.21. The number of halogens is 1. The lowest BCUT2D eigenvalue weighted by Gasteiger charge is -2.09. The third kappa shape index (κ3) is 4.22. The Morgan fingerprint density at radius 3 is 2.58 bits per heavy atom. The van der Waals surface area contributed by atoms with Crippen LogP contribution in [0.3, 0.4) is 0 Å². The van der Waals surface area contributed by atoms with Gasteiger partial charge in [0.2, 0.25) is 0 Å². The van der Waals surface area contributed by atoms with Gasteiger partial charge < -0.3 is 19.9 Å². The molecule has 2 N–H and O–H groups in total. The minimum atomic E-state index is -0.861. The van der Waals surface area contributed by atoms with Crippen LogP contribution in [0.4, 0.5) is 10.1 Å². The fourth-order valence-corrected chi connectivity index (χ4v) is 1.89. The molecule has 0 unspecified atom stereocenters. The molecule has 0 bridgehead atoms. The molecule has 6 nitrogen and oxygen atoms in total. The van der Waals surface area contributed by atoms with Crippen molar-refractivity contribution in [3.8, 4) is 11.5 Å². The van der Waals surface area contributed by atoms with Gasteiger partial charge in [0.25, 0.3) is 5.91 Å². The van der Waals surface area contributed by atoms with Crippen LogP contribution in [0.5, 0.6) is 11.5 Å². The average molecular weight is 333 g/mol. The minimum Gasteiger partial charge on any atom is -0.507 e. The number of phenolic OH excluding ortho intramolecular Hbond substituents is 1. The van der Waals surface area contributed by atoms with Crippen molar-refractivity contribution < 1.29 is 28.6 Å². The Balaban J connectivity index is 1.93. The van der Waals surface area contributed by atoms with Crippen LogP contribution in [-0.4, -0.2) is 30.7 Å². The average Bonchev–Trinajstić information content (AvgIpc) is 2.56. The molecule has 2 aromatic rings. The summed E-state index contributed by atoms with van der Waals surface area (Å²) in [7, 11) is 1.42. The Bertz CT molecular complexity index is 776. The summed E-state index contributed by atoms with van der Waals surface area (Å²) >= 11 is 0. The highest BCUT2D eigenvalue weighted by atomic mass is 19.1. The summed E-state index contributed by atoms with van der Waals surface area (Å²) in [6, 6.07) is 8.28. The van der Waals surface area contributed by atoms with Gasteiger partial charge in [-0.25, -0.2) is 9.18 Å². The molecule has 0 saturated heterocycles. The van der Waals surface area contributed by atoms with Gasteiger partial charge in [0.1, 0.15) is 22.9 Å². The van der Waals surface area contributed by atoms with Crippen LogP contribution in [0.1, 0.15) is 15.9 Å². The van der Waals surface area contributed by atoms with E-state index in [0.717, 1.165) is 0 Å². The number of carbonyl (C=O) groups excluding carboxylic acids is 2. The molecule has 0 radical (unpaired) electrons. The second-order valence-electron chi connectivity index (χ2n) is 4.97. The predicted octanol–water partition coefficient (Wildman–Crippen LogP) is 2.64. The van der Waals surface area contributed by atoms with Crippen molar-refractivity contribution in [1.82, 2.24) is 0 Å². The number of aromatic hydroxyl groups is 1. The second kappa shape index (κ2) is 7.45. The van der Waals surface area contributed by atoms with Crippen LogP contribution in [0.2, 0.25) is 0 Å². The monoisotopic (exact) mass is 333 g/mol. The van der Waals surface area contributed by atoms with E-state index < -0.39 is 24.3 Å². The van der Waals surface area contributed by atoms with Gasteiger partial charge in [-0.15, -0.1) is 0 Å². The van der Waals surface area contributed by atoms with Crippen molar-refractivity contribution >= 4 is 17.6 Å². The lowest BCUT2D eigenvalue weighted by atomic mass is 10.2. The van der Waals surface area contributed by atoms with E-state index in [4.69, 9.17) is 9.47 Å². The third-order valence-corrected chi connectivity index (χ3v) is 3.21. The molecule has 0 aliphatic heterocycles. The third-order valence-electron chi connectivity index (χ3n) is 3.21. The van der Waals surface area contributed by atoms with Gasteiger partial charge in [0.05, 0.1) is 7.11 Å². The number of carbonyl (C=O) groups is 2. The Kier molecular flexibility index (Phi) is 5.36. The first-order valence-electron chi connectivity index (χ1n) is 7.01. The fraction of sp³-hybridized carbons (Fsp3) is 0.176. The van der Waals surface area contributed by atoms with Gasteiger partial charge in [-0.05, 0) is 36.8 Å². The molecule has 0 fully saturated rings. The normalized spacial score (nSPS) is 10.1. The van der Waals surface area contributed by atoms with Crippen molar-refractivity contribution in [1.29, 1.82) is 0 Å². The lowest BCUT2D eigenvalue weighted by molar-refractivity contribution is -0.119. The summed E-state index contributed by atoms with van der Waals surface area (Å²) in [4.78, 5) is 23.6. The number of ether oxygens (including phenoxy) is 2. The highest BCUT2D eigenvalue weighted by Gasteiger charge is 2.15. The quantitative estimate of drug-likeness (QED) is 0.822. The van der Waals surface area contributed by atoms with E-state index in [1.807, 2.05) is 0 Å². The molecule has 0 saturated carbocycles. The summed E-state index contributed by atoms with van der Waals surface area (Å²) < 4.78 is 23.1. The first-order valence-corrected chi connectivity index (χ1v) is 7.01. The van der Waals surface area contributed by atoms with Gasteiger partial charge in [0, 0.05) is 11.8 Å². The van der Waals surface area contributed by atoms with Crippen molar-refractivity contribution in [3.05, 3.63) is 53.3 Å². The van der Waals surface area contributed by atoms with E-state index in [2.05, 4.69) is 5.32 Å². The van der Waals surface area contributed by atoms with E-state index >= 15 is 0 Å². The Labute approximate surface area is 137 Å². The molecule has 0 aliphatic carbocycles. The number of phenols is 1. The number of aryl methyl sites for hydroxylation is 1. The molecule has 0 aromatic heterocycles. The number of nitrogens with one attached hydrogen (secondary N) is 1. The van der Waals surface area contributed by atoms with Gasteiger partial charge in [-0.2, -0.15) is 0 Å². The van der Waals surface area contributed by atoms with E-state index in [1.54, 1.807) is 6.92 Å². The molecule has 1 amide bonds. The molecule has 0 heterocycles. The molecule has 7 heteroatoms. The molecular weight excluding hydrogens is 317 g/mol. The molecule has 2 rings (SSSR count). The van der Waals surface area contributed by atoms with Crippen LogP contribution in [0.15, 0.2) is 36.4 Å². The van der Waals surface area contributed by atoms with Crippen LogP contribution in [0, 0.1) is 12.7 Å². The zero-order chi connectivity index (χ0) is 17.7. The van der Waals surface area contributed by atoms with Crippen molar-refractivity contribution in [3.63, 3.8) is 0 Å². The standard InChI is InChI=1S/C17H16FNO5/c1-10-3-4-11(7-14(10)18)19-16(21)9-24-17(22)13-6-5-12(23-2)8-15(13)20/h3-8,20H,9H2,1-2H3,(H,19,21). The molecule has 24 heavy (non-hydrogen) atoms. The topological polar surface area (TPSA) is 84.9 Å². The van der Waals surface area contributed by atoms with Crippen LogP contribution < -0.4 is 10.1 Å². The number of amides is 1. The minimum absolute atomic E-state index is 0.0926. The Morgan fingerprint density at radius 1 is 1.21 bits per heavy atom. The van der Waals surface area contributed by atoms with Crippen molar-refractivity contribution in [2.24, 2.45) is 0 Å². The smallest absolute Gasteiger partial charge is 0.342 e. The number of hydrogen-bond donors (Lipinski definition) is 2. The van der Waals surface area contributed by atoms with Gasteiger partial charge in [0.15, 0.2) is 6.61 Å². The molecule has 126 valence electrons. The van der Waals surface area contributed by atoms with E-state index in [9.17, 15) is 19.1 Å². The molecule has 2 aromatic carbocycles. The highest BCUT2D eigenvalue weighted by molar-refractivity contribution is 5.96. The van der Waals surface area contributed by atoms with Crippen molar-refractivity contribution in [2.75, 3.05) is 19.0 Å². The molecule has 0 aliphatic rings. The zero-order valence-corrected chi connectivity index (χ0v) is 13.1. The Hall–Kier alpha value is -3.09. The maximum atomic E-state index is 13.4. The second-order valence-corrected chi connectivity index (χ2v) is 4.97. The number of rotatable bonds is 5. The number of hydrogen-bond acceptors (Lipinski definition) is 5. The predicted molar refractivity (Wildman–Crippen MR) is 84.7 cm³/mol. The van der Waals surface area contributed by atoms with Crippen LogP contribution in [-0.2, 0) is 9.53 Å². The zero-order valence-electron chi connectivity index (χ0n) is 13.1. The summed E-state index contributed by atoms with van der Waals surface area (Å²) in [5.41, 5.74) is 0.617. The van der Waals surface area contributed by atoms with Crippen LogP contribution >= 0.6 is 0 Å². The largest absolute Gasteiger partial charge is 0.507 e. The summed E-state index contributed by atoms with van der Waals surface area (Å²) in [5, 5.41) is 12.1. The highest BCUT2D eigenvalue weighted by Crippen LogP contribution is 2.24. The maximum Gasteiger partial charge on any atom is 0.342 e. The van der Waals surface area contributed by atoms with E-state index in [0.29, 0.717) is 11.3 Å². The van der Waals surface area contributed by atoms with E-state index in [-0.39, 0.29) is 17.0 Å². The SMILES string of the molecule is COc1ccc(C(=O)OCC(=O)Nc2ccc(C)c(F)c2)c(O)c1. The number of anilines is 1. The summed E-state index contributed by atoms with van der Waals surface area (Å²) in [6.45, 7) is 1.03. The van der Waals surface area contributed by atoms with E-state index in [1.165, 1.54) is 43.5 Å². The molecular formula is C17H16FNO5. The maximum absolute atomic E-state index is 13.4. The summed E-state index contributed by atoms with van der Waals surface area (Å²) in [6.07, 6.45) is 0.